The van der Waals surface area contributed by atoms with E-state index in [1.165, 1.54) is 38.8 Å². The zero-order chi connectivity index (χ0) is 17.9. The van der Waals surface area contributed by atoms with Gasteiger partial charge in [0.05, 0.1) is 11.9 Å². The van der Waals surface area contributed by atoms with Crippen molar-refractivity contribution in [2.45, 2.75) is 43.7 Å². The molecular weight excluding hydrogens is 344 g/mol. The van der Waals surface area contributed by atoms with Gasteiger partial charge in [0, 0.05) is 25.2 Å². The van der Waals surface area contributed by atoms with Crippen molar-refractivity contribution in [3.8, 4) is 11.3 Å². The molecule has 2 aliphatic heterocycles. The SMILES string of the molecule is CC[S+]([O-])c1ccc(-c2ccc(N3CCCC3N3CCCC3)nn2)cc1. The Morgan fingerprint density at radius 3 is 2.42 bits per heavy atom. The molecule has 4 rings (SSSR count). The lowest BCUT2D eigenvalue weighted by atomic mass is 10.1. The van der Waals surface area contributed by atoms with Gasteiger partial charge in [0.15, 0.2) is 10.7 Å². The van der Waals surface area contributed by atoms with Gasteiger partial charge < -0.3 is 9.45 Å². The smallest absolute Gasteiger partial charge is 0.152 e. The van der Waals surface area contributed by atoms with Crippen molar-refractivity contribution in [3.63, 3.8) is 0 Å². The standard InChI is InChI=1S/C20H26N4OS/c1-2-26(25)17-9-7-16(8-10-17)18-11-12-19(22-21-18)24-15-5-6-20(24)23-13-3-4-14-23/h7-12,20H,2-6,13-15H2,1H3. The van der Waals surface area contributed by atoms with Gasteiger partial charge in [-0.25, -0.2) is 0 Å². The Hall–Kier alpha value is -1.63. The second-order valence-electron chi connectivity index (χ2n) is 6.99. The van der Waals surface area contributed by atoms with Crippen LogP contribution in [-0.4, -0.2) is 51.2 Å². The van der Waals surface area contributed by atoms with Crippen molar-refractivity contribution in [3.05, 3.63) is 36.4 Å². The molecule has 2 fully saturated rings. The van der Waals surface area contributed by atoms with Gasteiger partial charge in [-0.1, -0.05) is 0 Å². The lowest BCUT2D eigenvalue weighted by molar-refractivity contribution is 0.248. The summed E-state index contributed by atoms with van der Waals surface area (Å²) in [5, 5.41) is 8.98. The molecule has 2 unspecified atom stereocenters. The normalized spacial score (nSPS) is 22.1. The molecule has 2 saturated heterocycles. The molecule has 1 aromatic carbocycles. The quantitative estimate of drug-likeness (QED) is 0.756. The molecule has 0 bridgehead atoms. The van der Waals surface area contributed by atoms with Crippen molar-refractivity contribution in [1.82, 2.24) is 15.1 Å². The second-order valence-corrected chi connectivity index (χ2v) is 8.73. The average molecular weight is 371 g/mol. The molecule has 2 atom stereocenters. The average Bonchev–Trinajstić information content (AvgIpc) is 3.39. The van der Waals surface area contributed by atoms with E-state index in [4.69, 9.17) is 0 Å². The Morgan fingerprint density at radius 1 is 1.00 bits per heavy atom. The van der Waals surface area contributed by atoms with Crippen LogP contribution in [0.3, 0.4) is 0 Å². The molecule has 0 radical (unpaired) electrons. The van der Waals surface area contributed by atoms with Crippen LogP contribution in [0.4, 0.5) is 5.82 Å². The molecular formula is C20H26N4OS. The number of rotatable bonds is 5. The van der Waals surface area contributed by atoms with E-state index in [2.05, 4.69) is 26.1 Å². The number of aromatic nitrogens is 2. The lowest BCUT2D eigenvalue weighted by Gasteiger charge is -2.32. The van der Waals surface area contributed by atoms with Crippen LogP contribution < -0.4 is 4.90 Å². The minimum absolute atomic E-state index is 0.487. The topological polar surface area (TPSA) is 55.3 Å². The van der Waals surface area contributed by atoms with E-state index in [-0.39, 0.29) is 0 Å². The minimum Gasteiger partial charge on any atom is -0.611 e. The number of nitrogens with zero attached hydrogens (tertiary/aromatic N) is 4. The third-order valence-corrected chi connectivity index (χ3v) is 6.73. The van der Waals surface area contributed by atoms with E-state index in [0.29, 0.717) is 11.9 Å². The molecule has 138 valence electrons. The van der Waals surface area contributed by atoms with Crippen LogP contribution in [0, 0.1) is 0 Å². The van der Waals surface area contributed by atoms with Gasteiger partial charge in [-0.05, 0) is 80.2 Å². The van der Waals surface area contributed by atoms with E-state index in [0.717, 1.165) is 28.5 Å². The number of anilines is 1. The Bertz CT molecular complexity index is 716. The molecule has 3 heterocycles. The van der Waals surface area contributed by atoms with E-state index in [9.17, 15) is 4.55 Å². The van der Waals surface area contributed by atoms with Crippen molar-refractivity contribution >= 4 is 17.0 Å². The molecule has 2 aliphatic rings. The third-order valence-electron chi connectivity index (χ3n) is 5.40. The Kier molecular flexibility index (Phi) is 5.43. The highest BCUT2D eigenvalue weighted by Crippen LogP contribution is 2.29. The highest BCUT2D eigenvalue weighted by atomic mass is 32.2. The van der Waals surface area contributed by atoms with Crippen LogP contribution >= 0.6 is 0 Å². The molecule has 0 aliphatic carbocycles. The highest BCUT2D eigenvalue weighted by Gasteiger charge is 2.32. The van der Waals surface area contributed by atoms with E-state index < -0.39 is 11.2 Å². The van der Waals surface area contributed by atoms with E-state index in [1.54, 1.807) is 0 Å². The molecule has 6 heteroatoms. The maximum Gasteiger partial charge on any atom is 0.152 e. The Morgan fingerprint density at radius 2 is 1.77 bits per heavy atom. The molecule has 0 N–H and O–H groups in total. The first-order chi connectivity index (χ1) is 12.8. The zero-order valence-electron chi connectivity index (χ0n) is 15.3. The summed E-state index contributed by atoms with van der Waals surface area (Å²) in [6.07, 6.45) is 5.56. The van der Waals surface area contributed by atoms with Crippen LogP contribution in [0.25, 0.3) is 11.3 Å². The maximum atomic E-state index is 11.9. The van der Waals surface area contributed by atoms with Gasteiger partial charge in [0.1, 0.15) is 5.75 Å². The summed E-state index contributed by atoms with van der Waals surface area (Å²) in [5.41, 5.74) is 1.87. The van der Waals surface area contributed by atoms with Gasteiger partial charge >= 0.3 is 0 Å². The monoisotopic (exact) mass is 370 g/mol. The first-order valence-electron chi connectivity index (χ1n) is 9.59. The van der Waals surface area contributed by atoms with Gasteiger partial charge in [-0.3, -0.25) is 4.90 Å². The first kappa shape index (κ1) is 17.8. The van der Waals surface area contributed by atoms with Crippen molar-refractivity contribution in [2.24, 2.45) is 0 Å². The number of hydrogen-bond donors (Lipinski definition) is 0. The Balaban J connectivity index is 1.49. The summed E-state index contributed by atoms with van der Waals surface area (Å²) in [6, 6.07) is 12.0. The predicted molar refractivity (Wildman–Crippen MR) is 106 cm³/mol. The van der Waals surface area contributed by atoms with Crippen LogP contribution in [0.2, 0.25) is 0 Å². The van der Waals surface area contributed by atoms with Gasteiger partial charge in [0.2, 0.25) is 0 Å². The summed E-state index contributed by atoms with van der Waals surface area (Å²) < 4.78 is 11.9. The van der Waals surface area contributed by atoms with E-state index >= 15 is 0 Å². The second kappa shape index (κ2) is 7.94. The number of hydrogen-bond acceptors (Lipinski definition) is 5. The molecule has 26 heavy (non-hydrogen) atoms. The van der Waals surface area contributed by atoms with Crippen molar-refractivity contribution in [1.29, 1.82) is 0 Å². The summed E-state index contributed by atoms with van der Waals surface area (Å²) in [6.45, 7) is 5.41. The van der Waals surface area contributed by atoms with Crippen LogP contribution in [-0.2, 0) is 11.2 Å². The molecule has 1 aromatic heterocycles. The highest BCUT2D eigenvalue weighted by molar-refractivity contribution is 7.91. The fraction of sp³-hybridized carbons (Fsp3) is 0.500. The van der Waals surface area contributed by atoms with Crippen LogP contribution in [0.15, 0.2) is 41.3 Å². The van der Waals surface area contributed by atoms with Crippen molar-refractivity contribution < 1.29 is 4.55 Å². The molecule has 0 spiro atoms. The minimum atomic E-state index is -0.913. The molecule has 5 nitrogen and oxygen atoms in total. The first-order valence-corrected chi connectivity index (χ1v) is 10.9. The summed E-state index contributed by atoms with van der Waals surface area (Å²) in [5.74, 6) is 1.62. The fourth-order valence-corrected chi connectivity index (χ4v) is 4.79. The number of benzene rings is 1. The van der Waals surface area contributed by atoms with E-state index in [1.807, 2.05) is 37.3 Å². The molecule has 0 amide bonds. The number of likely N-dealkylation sites (tertiary alicyclic amines) is 1. The largest absolute Gasteiger partial charge is 0.611 e. The molecule has 2 aromatic rings. The third kappa shape index (κ3) is 3.59. The predicted octanol–water partition coefficient (Wildman–Crippen LogP) is 3.29. The van der Waals surface area contributed by atoms with Gasteiger partial charge in [-0.15, -0.1) is 10.2 Å². The zero-order valence-corrected chi connectivity index (χ0v) is 16.1. The van der Waals surface area contributed by atoms with Gasteiger partial charge in [0.25, 0.3) is 0 Å². The fourth-order valence-electron chi connectivity index (χ4n) is 4.01. The summed E-state index contributed by atoms with van der Waals surface area (Å²) >= 11 is -0.913. The van der Waals surface area contributed by atoms with Crippen LogP contribution in [0.1, 0.15) is 32.6 Å². The molecule has 0 saturated carbocycles. The lowest BCUT2D eigenvalue weighted by Crippen LogP contribution is -2.43. The van der Waals surface area contributed by atoms with Crippen molar-refractivity contribution in [2.75, 3.05) is 30.3 Å². The van der Waals surface area contributed by atoms with Gasteiger partial charge in [-0.2, -0.15) is 0 Å². The summed E-state index contributed by atoms with van der Waals surface area (Å²) in [7, 11) is 0. The summed E-state index contributed by atoms with van der Waals surface area (Å²) in [4.78, 5) is 5.87. The maximum absolute atomic E-state index is 11.9. The van der Waals surface area contributed by atoms with Crippen LogP contribution in [0.5, 0.6) is 0 Å². The Labute approximate surface area is 158 Å².